The number of hydrogen-bond donors (Lipinski definition) is 1. The second kappa shape index (κ2) is 4.00. The molecular weight excluding hydrogens is 260 g/mol. The van der Waals surface area contributed by atoms with Crippen LogP contribution in [0, 0.1) is 0 Å². The predicted octanol–water partition coefficient (Wildman–Crippen LogP) is 2.41. The van der Waals surface area contributed by atoms with Gasteiger partial charge < -0.3 is 5.11 Å². The van der Waals surface area contributed by atoms with Gasteiger partial charge in [-0.3, -0.25) is 4.79 Å². The molecule has 76 valence electrons. The maximum atomic E-state index is 13.1. The third-order valence-electron chi connectivity index (χ3n) is 1.46. The summed E-state index contributed by atoms with van der Waals surface area (Å²) >= 11 is 2.93. The fourth-order valence-corrected chi connectivity index (χ4v) is 1.24. The molecule has 1 heterocycles. The Kier molecular flexibility index (Phi) is 3.15. The number of nitrogens with zero attached hydrogens (tertiary/aromatic N) is 1. The third-order valence-corrected chi connectivity index (χ3v) is 1.90. The van der Waals surface area contributed by atoms with Crippen LogP contribution in [0.15, 0.2) is 22.8 Å². The third kappa shape index (κ3) is 2.73. The van der Waals surface area contributed by atoms with Gasteiger partial charge in [0.05, 0.1) is 0 Å². The van der Waals surface area contributed by atoms with E-state index in [1.807, 2.05) is 0 Å². The van der Waals surface area contributed by atoms with E-state index >= 15 is 0 Å². The number of carboxylic acids is 1. The molecular formula is C8H6BrF2NO2. The maximum Gasteiger partial charge on any atom is 0.309 e. The number of rotatable bonds is 3. The first-order valence-electron chi connectivity index (χ1n) is 3.64. The van der Waals surface area contributed by atoms with Crippen LogP contribution in [-0.4, -0.2) is 16.1 Å². The lowest BCUT2D eigenvalue weighted by Gasteiger charge is -2.12. The van der Waals surface area contributed by atoms with Crippen molar-refractivity contribution in [2.24, 2.45) is 0 Å². The largest absolute Gasteiger partial charge is 0.481 e. The van der Waals surface area contributed by atoms with Crippen LogP contribution in [0.1, 0.15) is 12.1 Å². The van der Waals surface area contributed by atoms with Crippen molar-refractivity contribution in [3.63, 3.8) is 0 Å². The Hall–Kier alpha value is -1.04. The van der Waals surface area contributed by atoms with E-state index < -0.39 is 24.0 Å². The minimum absolute atomic E-state index is 0.250. The van der Waals surface area contributed by atoms with E-state index in [2.05, 4.69) is 20.9 Å². The summed E-state index contributed by atoms with van der Waals surface area (Å²) in [5, 5.41) is 8.26. The maximum absolute atomic E-state index is 13.1. The lowest BCUT2D eigenvalue weighted by molar-refractivity contribution is -0.145. The molecule has 0 fully saturated rings. The second-order valence-corrected chi connectivity index (χ2v) is 3.43. The number of carbonyl (C=O) groups is 1. The van der Waals surface area contributed by atoms with Gasteiger partial charge >= 0.3 is 5.97 Å². The number of carboxylic acid groups (broad SMARTS) is 1. The van der Waals surface area contributed by atoms with Gasteiger partial charge in [-0.2, -0.15) is 8.78 Å². The van der Waals surface area contributed by atoms with Gasteiger partial charge in [-0.15, -0.1) is 0 Å². The van der Waals surface area contributed by atoms with Crippen molar-refractivity contribution in [2.75, 3.05) is 0 Å². The Morgan fingerprint density at radius 2 is 2.21 bits per heavy atom. The van der Waals surface area contributed by atoms with Gasteiger partial charge in [-0.1, -0.05) is 6.07 Å². The lowest BCUT2D eigenvalue weighted by atomic mass is 10.1. The first kappa shape index (κ1) is 11.0. The number of alkyl halides is 2. The van der Waals surface area contributed by atoms with Crippen LogP contribution in [0.4, 0.5) is 8.78 Å². The minimum Gasteiger partial charge on any atom is -0.481 e. The topological polar surface area (TPSA) is 50.2 Å². The number of aromatic nitrogens is 1. The van der Waals surface area contributed by atoms with Crippen molar-refractivity contribution in [1.29, 1.82) is 0 Å². The van der Waals surface area contributed by atoms with Gasteiger partial charge in [0.15, 0.2) is 0 Å². The molecule has 0 spiro atoms. The first-order valence-corrected chi connectivity index (χ1v) is 4.44. The van der Waals surface area contributed by atoms with Crippen molar-refractivity contribution < 1.29 is 18.7 Å². The highest BCUT2D eigenvalue weighted by atomic mass is 79.9. The van der Waals surface area contributed by atoms with Gasteiger partial charge in [0.25, 0.3) is 5.92 Å². The summed E-state index contributed by atoms with van der Waals surface area (Å²) < 4.78 is 26.5. The molecule has 0 amide bonds. The van der Waals surface area contributed by atoms with E-state index in [9.17, 15) is 13.6 Å². The summed E-state index contributed by atoms with van der Waals surface area (Å²) in [5.41, 5.74) is -0.547. The predicted molar refractivity (Wildman–Crippen MR) is 48.1 cm³/mol. The highest BCUT2D eigenvalue weighted by Gasteiger charge is 2.36. The molecule has 1 aromatic heterocycles. The number of aliphatic carboxylic acids is 1. The zero-order chi connectivity index (χ0) is 10.8. The number of pyridine rings is 1. The van der Waals surface area contributed by atoms with E-state index in [0.29, 0.717) is 0 Å². The molecule has 6 heteroatoms. The van der Waals surface area contributed by atoms with Crippen molar-refractivity contribution >= 4 is 21.9 Å². The summed E-state index contributed by atoms with van der Waals surface area (Å²) in [7, 11) is 0. The van der Waals surface area contributed by atoms with Crippen LogP contribution in [0.5, 0.6) is 0 Å². The fourth-order valence-electron chi connectivity index (χ4n) is 0.892. The number of halogens is 3. The van der Waals surface area contributed by atoms with Crippen molar-refractivity contribution in [3.05, 3.63) is 28.5 Å². The van der Waals surface area contributed by atoms with Crippen LogP contribution < -0.4 is 0 Å². The average Bonchev–Trinajstić information content (AvgIpc) is 2.01. The standard InChI is InChI=1S/C8H6BrF2NO2/c9-6-3-1-2-5(12-6)8(10,11)4-7(13)14/h1-3H,4H2,(H,13,14). The second-order valence-electron chi connectivity index (χ2n) is 2.62. The summed E-state index contributed by atoms with van der Waals surface area (Å²) in [6.07, 6.45) is -1.25. The Morgan fingerprint density at radius 1 is 1.57 bits per heavy atom. The average molecular weight is 266 g/mol. The highest BCUT2D eigenvalue weighted by molar-refractivity contribution is 9.10. The Bertz CT molecular complexity index is 357. The Balaban J connectivity index is 2.97. The van der Waals surface area contributed by atoms with E-state index in [4.69, 9.17) is 5.11 Å². The van der Waals surface area contributed by atoms with Crippen LogP contribution in [-0.2, 0) is 10.7 Å². The van der Waals surface area contributed by atoms with E-state index in [1.54, 1.807) is 0 Å². The SMILES string of the molecule is O=C(O)CC(F)(F)c1cccc(Br)n1. The molecule has 0 bridgehead atoms. The molecule has 0 aromatic carbocycles. The molecule has 0 radical (unpaired) electrons. The van der Waals surface area contributed by atoms with Crippen LogP contribution >= 0.6 is 15.9 Å². The van der Waals surface area contributed by atoms with Gasteiger partial charge in [-0.05, 0) is 28.1 Å². The monoisotopic (exact) mass is 265 g/mol. The zero-order valence-electron chi connectivity index (χ0n) is 6.88. The molecule has 0 aliphatic rings. The highest BCUT2D eigenvalue weighted by Crippen LogP contribution is 2.30. The summed E-state index contributed by atoms with van der Waals surface area (Å²) in [6, 6.07) is 3.95. The number of hydrogen-bond acceptors (Lipinski definition) is 2. The normalized spacial score (nSPS) is 11.4. The summed E-state index contributed by atoms with van der Waals surface area (Å²) in [6.45, 7) is 0. The van der Waals surface area contributed by atoms with E-state index in [-0.39, 0.29) is 4.60 Å². The minimum atomic E-state index is -3.43. The molecule has 0 aliphatic heterocycles. The van der Waals surface area contributed by atoms with Crippen molar-refractivity contribution in [1.82, 2.24) is 4.98 Å². The van der Waals surface area contributed by atoms with E-state index in [0.717, 1.165) is 6.07 Å². The Labute approximate surface area is 86.9 Å². The summed E-state index contributed by atoms with van der Waals surface area (Å²) in [4.78, 5) is 13.7. The molecule has 0 saturated carbocycles. The fraction of sp³-hybridized carbons (Fsp3) is 0.250. The molecule has 0 atom stereocenters. The van der Waals surface area contributed by atoms with Gasteiger partial charge in [0.2, 0.25) is 0 Å². The lowest BCUT2D eigenvalue weighted by Crippen LogP contribution is -2.19. The van der Waals surface area contributed by atoms with Gasteiger partial charge in [-0.25, -0.2) is 4.98 Å². The van der Waals surface area contributed by atoms with Gasteiger partial charge in [0.1, 0.15) is 16.7 Å². The van der Waals surface area contributed by atoms with Crippen LogP contribution in [0.2, 0.25) is 0 Å². The van der Waals surface area contributed by atoms with Crippen LogP contribution in [0.3, 0.4) is 0 Å². The molecule has 1 rings (SSSR count). The van der Waals surface area contributed by atoms with Crippen LogP contribution in [0.25, 0.3) is 0 Å². The molecule has 3 nitrogen and oxygen atoms in total. The Morgan fingerprint density at radius 3 is 2.71 bits per heavy atom. The molecule has 0 aliphatic carbocycles. The first-order chi connectivity index (χ1) is 6.42. The molecule has 1 N–H and O–H groups in total. The van der Waals surface area contributed by atoms with Crippen molar-refractivity contribution in [2.45, 2.75) is 12.3 Å². The van der Waals surface area contributed by atoms with Gasteiger partial charge in [0, 0.05) is 0 Å². The summed E-state index contributed by atoms with van der Waals surface area (Å²) in [5.74, 6) is -4.99. The molecule has 14 heavy (non-hydrogen) atoms. The smallest absolute Gasteiger partial charge is 0.309 e. The molecule has 0 saturated heterocycles. The molecule has 0 unspecified atom stereocenters. The zero-order valence-corrected chi connectivity index (χ0v) is 8.46. The quantitative estimate of drug-likeness (QED) is 0.854. The molecule has 1 aromatic rings. The van der Waals surface area contributed by atoms with E-state index in [1.165, 1.54) is 12.1 Å². The van der Waals surface area contributed by atoms with Crippen molar-refractivity contribution in [3.8, 4) is 0 Å².